The molecule has 0 amide bonds. The van der Waals surface area contributed by atoms with Crippen molar-refractivity contribution in [2.45, 2.75) is 13.0 Å². The van der Waals surface area contributed by atoms with E-state index in [9.17, 15) is 4.39 Å². The Kier molecular flexibility index (Phi) is 4.73. The van der Waals surface area contributed by atoms with Crippen LogP contribution in [0.2, 0.25) is 0 Å². The Labute approximate surface area is 110 Å². The molecule has 1 heterocycles. The maximum absolute atomic E-state index is 13.1. The lowest BCUT2D eigenvalue weighted by atomic mass is 10.2. The van der Waals surface area contributed by atoms with Gasteiger partial charge < -0.3 is 10.1 Å². The largest absolute Gasteiger partial charge is 0.493 e. The van der Waals surface area contributed by atoms with E-state index in [1.165, 1.54) is 17.7 Å². The van der Waals surface area contributed by atoms with Crippen molar-refractivity contribution in [3.63, 3.8) is 0 Å². The van der Waals surface area contributed by atoms with Crippen LogP contribution in [0.25, 0.3) is 0 Å². The van der Waals surface area contributed by atoms with Gasteiger partial charge in [0.1, 0.15) is 11.6 Å². The van der Waals surface area contributed by atoms with Gasteiger partial charge in [0.05, 0.1) is 6.61 Å². The van der Waals surface area contributed by atoms with Crippen LogP contribution in [0.4, 0.5) is 4.39 Å². The summed E-state index contributed by atoms with van der Waals surface area (Å²) in [5, 5.41) is 7.18. The Morgan fingerprint density at radius 3 is 2.94 bits per heavy atom. The fraction of sp³-hybridized carbons (Fsp3) is 0.286. The van der Waals surface area contributed by atoms with Gasteiger partial charge in [-0.3, -0.25) is 0 Å². The molecule has 96 valence electrons. The molecule has 18 heavy (non-hydrogen) atoms. The van der Waals surface area contributed by atoms with E-state index in [0.29, 0.717) is 13.2 Å². The summed E-state index contributed by atoms with van der Waals surface area (Å²) in [6.45, 7) is 1.21. The minimum absolute atomic E-state index is 0.231. The minimum atomic E-state index is -0.231. The summed E-state index contributed by atoms with van der Waals surface area (Å²) in [4.78, 5) is 0. The van der Waals surface area contributed by atoms with E-state index in [1.54, 1.807) is 17.4 Å². The van der Waals surface area contributed by atoms with E-state index < -0.39 is 0 Å². The molecule has 0 spiro atoms. The molecule has 1 N–H and O–H groups in total. The number of thiophene rings is 1. The van der Waals surface area contributed by atoms with Crippen molar-refractivity contribution < 1.29 is 9.13 Å². The second kappa shape index (κ2) is 6.52. The van der Waals surface area contributed by atoms with Crippen LogP contribution in [0.1, 0.15) is 11.1 Å². The SMILES string of the molecule is CNCc1cc(F)ccc1OCCc1ccsc1. The maximum Gasteiger partial charge on any atom is 0.123 e. The molecule has 2 rings (SSSR count). The van der Waals surface area contributed by atoms with Crippen molar-refractivity contribution in [1.29, 1.82) is 0 Å². The molecule has 0 aliphatic carbocycles. The molecule has 0 unspecified atom stereocenters. The molecule has 0 radical (unpaired) electrons. The molecule has 0 atom stereocenters. The summed E-state index contributed by atoms with van der Waals surface area (Å²) in [5.41, 5.74) is 2.13. The van der Waals surface area contributed by atoms with Crippen LogP contribution in [-0.4, -0.2) is 13.7 Å². The molecule has 0 aliphatic rings. The summed E-state index contributed by atoms with van der Waals surface area (Å²) in [5.74, 6) is 0.520. The van der Waals surface area contributed by atoms with Gasteiger partial charge in [-0.25, -0.2) is 4.39 Å². The second-order valence-corrected chi connectivity index (χ2v) is 4.79. The molecule has 2 aromatic rings. The summed E-state index contributed by atoms with van der Waals surface area (Å²) in [6, 6.07) is 6.72. The lowest BCUT2D eigenvalue weighted by molar-refractivity contribution is 0.317. The van der Waals surface area contributed by atoms with Gasteiger partial charge in [-0.2, -0.15) is 11.3 Å². The third-order valence-electron chi connectivity index (χ3n) is 2.62. The van der Waals surface area contributed by atoms with Gasteiger partial charge in [-0.1, -0.05) is 0 Å². The molecular formula is C14H16FNOS. The topological polar surface area (TPSA) is 21.3 Å². The first-order valence-corrected chi connectivity index (χ1v) is 6.81. The third-order valence-corrected chi connectivity index (χ3v) is 3.35. The maximum atomic E-state index is 13.1. The van der Waals surface area contributed by atoms with Crippen LogP contribution in [0.3, 0.4) is 0 Å². The number of nitrogens with one attached hydrogen (secondary N) is 1. The smallest absolute Gasteiger partial charge is 0.123 e. The minimum Gasteiger partial charge on any atom is -0.493 e. The molecule has 0 bridgehead atoms. The number of rotatable bonds is 6. The van der Waals surface area contributed by atoms with Gasteiger partial charge in [0, 0.05) is 18.5 Å². The van der Waals surface area contributed by atoms with Gasteiger partial charge in [0.15, 0.2) is 0 Å². The quantitative estimate of drug-likeness (QED) is 0.866. The highest BCUT2D eigenvalue weighted by Crippen LogP contribution is 2.20. The Morgan fingerprint density at radius 1 is 1.33 bits per heavy atom. The highest BCUT2D eigenvalue weighted by atomic mass is 32.1. The normalized spacial score (nSPS) is 10.6. The molecule has 0 fully saturated rings. The fourth-order valence-electron chi connectivity index (χ4n) is 1.73. The first-order chi connectivity index (χ1) is 8.79. The summed E-state index contributed by atoms with van der Waals surface area (Å²) < 4.78 is 18.8. The molecule has 1 aromatic carbocycles. The van der Waals surface area contributed by atoms with Gasteiger partial charge in [0.25, 0.3) is 0 Å². The van der Waals surface area contributed by atoms with Crippen molar-refractivity contribution >= 4 is 11.3 Å². The van der Waals surface area contributed by atoms with Crippen LogP contribution in [0.15, 0.2) is 35.0 Å². The van der Waals surface area contributed by atoms with Crippen LogP contribution in [-0.2, 0) is 13.0 Å². The van der Waals surface area contributed by atoms with E-state index in [2.05, 4.69) is 22.1 Å². The number of halogens is 1. The summed E-state index contributed by atoms with van der Waals surface area (Å²) >= 11 is 1.68. The first-order valence-electron chi connectivity index (χ1n) is 5.86. The number of ether oxygens (including phenoxy) is 1. The van der Waals surface area contributed by atoms with Crippen molar-refractivity contribution in [3.8, 4) is 5.75 Å². The van der Waals surface area contributed by atoms with E-state index in [1.807, 2.05) is 7.05 Å². The Morgan fingerprint density at radius 2 is 2.22 bits per heavy atom. The fourth-order valence-corrected chi connectivity index (χ4v) is 2.43. The van der Waals surface area contributed by atoms with Crippen LogP contribution in [0, 0.1) is 5.82 Å². The van der Waals surface area contributed by atoms with Crippen molar-refractivity contribution in [2.75, 3.05) is 13.7 Å². The second-order valence-electron chi connectivity index (χ2n) is 4.01. The summed E-state index contributed by atoms with van der Waals surface area (Å²) in [7, 11) is 1.83. The Bertz CT molecular complexity index is 485. The van der Waals surface area contributed by atoms with Crippen molar-refractivity contribution in [2.24, 2.45) is 0 Å². The molecule has 1 aromatic heterocycles. The lowest BCUT2D eigenvalue weighted by Gasteiger charge is -2.11. The average molecular weight is 265 g/mol. The highest BCUT2D eigenvalue weighted by molar-refractivity contribution is 7.07. The predicted molar refractivity (Wildman–Crippen MR) is 72.7 cm³/mol. The molecular weight excluding hydrogens is 249 g/mol. The van der Waals surface area contributed by atoms with E-state index in [4.69, 9.17) is 4.74 Å². The van der Waals surface area contributed by atoms with Gasteiger partial charge >= 0.3 is 0 Å². The molecule has 0 saturated heterocycles. The van der Waals surface area contributed by atoms with Gasteiger partial charge in [-0.15, -0.1) is 0 Å². The first kappa shape index (κ1) is 13.1. The molecule has 2 nitrogen and oxygen atoms in total. The van der Waals surface area contributed by atoms with E-state index in [0.717, 1.165) is 17.7 Å². The zero-order valence-electron chi connectivity index (χ0n) is 10.3. The molecule has 0 saturated carbocycles. The molecule has 4 heteroatoms. The van der Waals surface area contributed by atoms with E-state index >= 15 is 0 Å². The number of hydrogen-bond donors (Lipinski definition) is 1. The van der Waals surface area contributed by atoms with Gasteiger partial charge in [0.2, 0.25) is 0 Å². The number of hydrogen-bond acceptors (Lipinski definition) is 3. The van der Waals surface area contributed by atoms with E-state index in [-0.39, 0.29) is 5.82 Å². The van der Waals surface area contributed by atoms with Gasteiger partial charge in [-0.05, 0) is 47.6 Å². The highest BCUT2D eigenvalue weighted by Gasteiger charge is 2.05. The predicted octanol–water partition coefficient (Wildman–Crippen LogP) is 3.23. The average Bonchev–Trinajstić information content (AvgIpc) is 2.85. The monoisotopic (exact) mass is 265 g/mol. The zero-order valence-corrected chi connectivity index (χ0v) is 11.1. The number of benzene rings is 1. The standard InChI is InChI=1S/C14H16FNOS/c1-16-9-12-8-13(15)2-3-14(12)17-6-4-11-5-7-18-10-11/h2-3,5,7-8,10,16H,4,6,9H2,1H3. The van der Waals surface area contributed by atoms with Crippen LogP contribution >= 0.6 is 11.3 Å². The Balaban J connectivity index is 1.95. The summed E-state index contributed by atoms with van der Waals surface area (Å²) in [6.07, 6.45) is 0.875. The Hall–Kier alpha value is -1.39. The molecule has 0 aliphatic heterocycles. The van der Waals surface area contributed by atoms with Crippen LogP contribution < -0.4 is 10.1 Å². The zero-order chi connectivity index (χ0) is 12.8. The lowest BCUT2D eigenvalue weighted by Crippen LogP contribution is -2.09. The van der Waals surface area contributed by atoms with Crippen molar-refractivity contribution in [1.82, 2.24) is 5.32 Å². The van der Waals surface area contributed by atoms with Crippen molar-refractivity contribution in [3.05, 3.63) is 52.0 Å². The third kappa shape index (κ3) is 3.55. The van der Waals surface area contributed by atoms with Crippen LogP contribution in [0.5, 0.6) is 5.75 Å².